The molecule has 26 heavy (non-hydrogen) atoms. The largest absolute Gasteiger partial charge is 0.338 e. The Morgan fingerprint density at radius 3 is 2.85 bits per heavy atom. The van der Waals surface area contributed by atoms with Crippen molar-refractivity contribution in [3.05, 3.63) is 51.9 Å². The maximum absolute atomic E-state index is 13.0. The molecule has 2 aromatic rings. The number of H-pyrrole nitrogens is 2. The van der Waals surface area contributed by atoms with Crippen LogP contribution in [0.15, 0.2) is 35.3 Å². The van der Waals surface area contributed by atoms with Gasteiger partial charge in [0.25, 0.3) is 5.56 Å². The highest BCUT2D eigenvalue weighted by molar-refractivity contribution is 6.07. The third kappa shape index (κ3) is 2.30. The summed E-state index contributed by atoms with van der Waals surface area (Å²) in [5.74, 6) is -0.130. The topological polar surface area (TPSA) is 98.1 Å². The zero-order valence-electron chi connectivity index (χ0n) is 14.7. The molecular weight excluding hydrogens is 332 g/mol. The van der Waals surface area contributed by atoms with Gasteiger partial charge >= 0.3 is 0 Å². The first kappa shape index (κ1) is 16.6. The molecule has 0 aliphatic carbocycles. The summed E-state index contributed by atoms with van der Waals surface area (Å²) in [5.41, 5.74) is 1.28. The van der Waals surface area contributed by atoms with Crippen LogP contribution in [0.2, 0.25) is 0 Å². The van der Waals surface area contributed by atoms with Gasteiger partial charge in [-0.05, 0) is 24.5 Å². The lowest BCUT2D eigenvalue weighted by Gasteiger charge is -2.34. The molecule has 7 nitrogen and oxygen atoms in total. The van der Waals surface area contributed by atoms with Gasteiger partial charge in [0, 0.05) is 24.0 Å². The average Bonchev–Trinajstić information content (AvgIpc) is 3.28. The van der Waals surface area contributed by atoms with E-state index < -0.39 is 5.41 Å². The number of likely N-dealkylation sites (tertiary alicyclic amines) is 1. The minimum atomic E-state index is -0.688. The van der Waals surface area contributed by atoms with E-state index in [-0.39, 0.29) is 29.8 Å². The van der Waals surface area contributed by atoms with Crippen molar-refractivity contribution in [1.29, 1.82) is 0 Å². The van der Waals surface area contributed by atoms with Crippen LogP contribution in [0, 0.1) is 0 Å². The van der Waals surface area contributed by atoms with Crippen LogP contribution in [0.5, 0.6) is 0 Å². The van der Waals surface area contributed by atoms with E-state index in [4.69, 9.17) is 0 Å². The van der Waals surface area contributed by atoms with E-state index in [9.17, 15) is 14.4 Å². The number of hydrogen-bond donors (Lipinski definition) is 3. The Labute approximate surface area is 150 Å². The molecule has 3 N–H and O–H groups in total. The van der Waals surface area contributed by atoms with Gasteiger partial charge in [-0.15, -0.1) is 0 Å². The molecule has 1 aromatic carbocycles. The Kier molecular flexibility index (Phi) is 3.94. The number of carbonyl (C=O) groups excluding carboxylic acids is 2. The van der Waals surface area contributed by atoms with Crippen molar-refractivity contribution in [2.75, 3.05) is 11.9 Å². The summed E-state index contributed by atoms with van der Waals surface area (Å²) < 4.78 is 0. The highest BCUT2D eigenvalue weighted by atomic mass is 16.2. The van der Waals surface area contributed by atoms with E-state index in [1.165, 1.54) is 6.20 Å². The van der Waals surface area contributed by atoms with E-state index in [0.717, 1.165) is 24.1 Å². The van der Waals surface area contributed by atoms with Gasteiger partial charge in [-0.2, -0.15) is 0 Å². The maximum atomic E-state index is 13.0. The lowest BCUT2D eigenvalue weighted by Crippen LogP contribution is -2.49. The van der Waals surface area contributed by atoms with Crippen LogP contribution in [0.3, 0.4) is 0 Å². The number of aromatic amines is 2. The fraction of sp³-hybridized carbons (Fsp3) is 0.421. The molecule has 2 aliphatic heterocycles. The van der Waals surface area contributed by atoms with E-state index in [0.29, 0.717) is 18.5 Å². The number of rotatable bonds is 4. The van der Waals surface area contributed by atoms with E-state index >= 15 is 0 Å². The lowest BCUT2D eigenvalue weighted by molar-refractivity contribution is -0.132. The van der Waals surface area contributed by atoms with Crippen molar-refractivity contribution >= 4 is 17.5 Å². The number of para-hydroxylation sites is 1. The fourth-order valence-corrected chi connectivity index (χ4v) is 4.51. The van der Waals surface area contributed by atoms with Crippen molar-refractivity contribution in [2.45, 2.75) is 44.1 Å². The highest BCUT2D eigenvalue weighted by Gasteiger charge is 2.58. The van der Waals surface area contributed by atoms with Crippen LogP contribution in [-0.2, 0) is 21.4 Å². The number of fused-ring (bicyclic) bond motifs is 2. The summed E-state index contributed by atoms with van der Waals surface area (Å²) in [7, 11) is 0. The first-order chi connectivity index (χ1) is 12.6. The van der Waals surface area contributed by atoms with Crippen LogP contribution in [0.4, 0.5) is 5.69 Å². The number of amides is 2. The molecule has 0 radical (unpaired) electrons. The minimum Gasteiger partial charge on any atom is -0.338 e. The molecule has 3 heterocycles. The molecule has 0 unspecified atom stereocenters. The summed E-state index contributed by atoms with van der Waals surface area (Å²) >= 11 is 0. The van der Waals surface area contributed by atoms with Gasteiger partial charge in [0.1, 0.15) is 0 Å². The molecule has 7 heteroatoms. The number of aromatic nitrogens is 2. The molecule has 0 bridgehead atoms. The van der Waals surface area contributed by atoms with Crippen LogP contribution in [0.25, 0.3) is 0 Å². The van der Waals surface area contributed by atoms with Crippen molar-refractivity contribution < 1.29 is 9.59 Å². The Morgan fingerprint density at radius 2 is 2.12 bits per heavy atom. The summed E-state index contributed by atoms with van der Waals surface area (Å²) in [4.78, 5) is 39.4. The second-order valence-corrected chi connectivity index (χ2v) is 7.06. The van der Waals surface area contributed by atoms with E-state index in [1.54, 1.807) is 4.90 Å². The molecule has 2 amide bonds. The molecule has 0 saturated carbocycles. The van der Waals surface area contributed by atoms with Gasteiger partial charge in [-0.3, -0.25) is 19.5 Å². The monoisotopic (exact) mass is 354 g/mol. The predicted molar refractivity (Wildman–Crippen MR) is 96.9 cm³/mol. The van der Waals surface area contributed by atoms with Gasteiger partial charge in [0.2, 0.25) is 11.8 Å². The third-order valence-corrected chi connectivity index (χ3v) is 5.70. The van der Waals surface area contributed by atoms with Crippen LogP contribution in [0.1, 0.15) is 37.3 Å². The molecule has 1 saturated heterocycles. The molecular formula is C19H22N4O3. The van der Waals surface area contributed by atoms with E-state index in [2.05, 4.69) is 22.4 Å². The van der Waals surface area contributed by atoms with Crippen LogP contribution in [-0.4, -0.2) is 39.5 Å². The Bertz CT molecular complexity index is 915. The van der Waals surface area contributed by atoms with Gasteiger partial charge in [0.05, 0.1) is 17.9 Å². The summed E-state index contributed by atoms with van der Waals surface area (Å²) in [6.07, 6.45) is 3.79. The zero-order valence-corrected chi connectivity index (χ0v) is 14.7. The second-order valence-electron chi connectivity index (χ2n) is 7.06. The van der Waals surface area contributed by atoms with Crippen LogP contribution >= 0.6 is 0 Å². The number of benzene rings is 1. The van der Waals surface area contributed by atoms with Gasteiger partial charge < -0.3 is 15.3 Å². The quantitative estimate of drug-likeness (QED) is 0.777. The van der Waals surface area contributed by atoms with Crippen molar-refractivity contribution in [3.8, 4) is 0 Å². The summed E-state index contributed by atoms with van der Waals surface area (Å²) in [6, 6.07) is 7.55. The Morgan fingerprint density at radius 1 is 1.31 bits per heavy atom. The summed E-state index contributed by atoms with van der Waals surface area (Å²) in [6.45, 7) is 2.58. The Balaban J connectivity index is 1.69. The number of hydrogen-bond acceptors (Lipinski definition) is 3. The lowest BCUT2D eigenvalue weighted by atomic mass is 9.73. The highest BCUT2D eigenvalue weighted by Crippen LogP contribution is 2.49. The normalized spacial score (nSPS) is 24.1. The van der Waals surface area contributed by atoms with Crippen molar-refractivity contribution in [2.24, 2.45) is 0 Å². The standard InChI is InChI=1S/C19H22N4O3/c1-2-5-15-19(13-6-3-4-7-14(13)21-18(19)26)8-9-23(15)16(24)10-12-11-20-22-17(12)25/h3-4,6-7,11,15H,2,5,8-10H2,1H3,(H,21,26)(H2,20,22,25)/t15-,19-/m0/s1. The average molecular weight is 354 g/mol. The summed E-state index contributed by atoms with van der Waals surface area (Å²) in [5, 5.41) is 8.08. The molecule has 1 spiro atoms. The Hall–Kier alpha value is -2.83. The molecule has 136 valence electrons. The van der Waals surface area contributed by atoms with Crippen molar-refractivity contribution in [3.63, 3.8) is 0 Å². The van der Waals surface area contributed by atoms with Gasteiger partial charge in [0.15, 0.2) is 0 Å². The van der Waals surface area contributed by atoms with E-state index in [1.807, 2.05) is 24.3 Å². The zero-order chi connectivity index (χ0) is 18.3. The third-order valence-electron chi connectivity index (χ3n) is 5.70. The number of carbonyl (C=O) groups is 2. The number of anilines is 1. The maximum Gasteiger partial charge on any atom is 0.267 e. The molecule has 2 atom stereocenters. The molecule has 1 aromatic heterocycles. The number of nitrogens with zero attached hydrogens (tertiary/aromatic N) is 1. The van der Waals surface area contributed by atoms with Crippen LogP contribution < -0.4 is 10.9 Å². The molecule has 4 rings (SSSR count). The minimum absolute atomic E-state index is 0.0214. The SMILES string of the molecule is CCC[C@@H]1N(C(=O)Cc2c[nH][nH]c2=O)CC[C@@]12C(=O)Nc1ccccc12. The first-order valence-corrected chi connectivity index (χ1v) is 9.03. The first-order valence-electron chi connectivity index (χ1n) is 9.03. The number of nitrogens with one attached hydrogen (secondary N) is 3. The fourth-order valence-electron chi connectivity index (χ4n) is 4.51. The predicted octanol–water partition coefficient (Wildman–Crippen LogP) is 1.54. The van der Waals surface area contributed by atoms with Gasteiger partial charge in [-0.25, -0.2) is 0 Å². The second kappa shape index (κ2) is 6.16. The van der Waals surface area contributed by atoms with Crippen molar-refractivity contribution in [1.82, 2.24) is 15.1 Å². The molecule has 2 aliphatic rings. The molecule has 1 fully saturated rings. The van der Waals surface area contributed by atoms with Gasteiger partial charge in [-0.1, -0.05) is 31.5 Å². The smallest absolute Gasteiger partial charge is 0.267 e.